The van der Waals surface area contributed by atoms with Crippen molar-refractivity contribution >= 4 is 5.91 Å². The number of nitrogens with two attached hydrogens (primary N) is 1. The van der Waals surface area contributed by atoms with Crippen molar-refractivity contribution in [1.82, 2.24) is 5.32 Å². The summed E-state index contributed by atoms with van der Waals surface area (Å²) in [6.07, 6.45) is 1.99. The monoisotopic (exact) mass is 302 g/mol. The molecule has 0 spiro atoms. The summed E-state index contributed by atoms with van der Waals surface area (Å²) in [7, 11) is 0. The first-order valence-corrected chi connectivity index (χ1v) is 7.85. The van der Waals surface area contributed by atoms with Gasteiger partial charge in [0.15, 0.2) is 0 Å². The van der Waals surface area contributed by atoms with E-state index in [1.807, 2.05) is 41.5 Å². The number of ether oxygens (including phenoxy) is 2. The van der Waals surface area contributed by atoms with Crippen LogP contribution in [0, 0.1) is 0 Å². The molecule has 21 heavy (non-hydrogen) atoms. The van der Waals surface area contributed by atoms with Crippen molar-refractivity contribution in [3.8, 4) is 0 Å². The minimum absolute atomic E-state index is 0.0771. The Morgan fingerprint density at radius 2 is 1.57 bits per heavy atom. The number of amides is 1. The Hall–Kier alpha value is -0.650. The van der Waals surface area contributed by atoms with Crippen LogP contribution in [0.15, 0.2) is 0 Å². The fourth-order valence-corrected chi connectivity index (χ4v) is 1.86. The van der Waals surface area contributed by atoms with Gasteiger partial charge in [-0.15, -0.1) is 0 Å². The molecule has 0 rings (SSSR count). The van der Waals surface area contributed by atoms with E-state index in [0.29, 0.717) is 32.6 Å². The predicted octanol–water partition coefficient (Wildman–Crippen LogP) is 2.23. The highest BCUT2D eigenvalue weighted by molar-refractivity contribution is 5.76. The fraction of sp³-hybridized carbons (Fsp3) is 0.938. The molecule has 0 aliphatic carbocycles. The van der Waals surface area contributed by atoms with Gasteiger partial charge in [-0.2, -0.15) is 0 Å². The summed E-state index contributed by atoms with van der Waals surface area (Å²) >= 11 is 0. The van der Waals surface area contributed by atoms with Gasteiger partial charge in [-0.25, -0.2) is 0 Å². The van der Waals surface area contributed by atoms with Gasteiger partial charge in [-0.3, -0.25) is 4.79 Å². The first-order valence-electron chi connectivity index (χ1n) is 7.85. The maximum atomic E-state index is 11.7. The highest BCUT2D eigenvalue weighted by Crippen LogP contribution is 2.20. The Balaban J connectivity index is 3.99. The van der Waals surface area contributed by atoms with E-state index in [0.717, 1.165) is 6.42 Å². The van der Waals surface area contributed by atoms with Crippen molar-refractivity contribution in [1.29, 1.82) is 0 Å². The summed E-state index contributed by atoms with van der Waals surface area (Å²) in [6.45, 7) is 13.7. The Bertz CT molecular complexity index is 302. The molecule has 1 amide bonds. The van der Waals surface area contributed by atoms with Crippen molar-refractivity contribution in [2.24, 2.45) is 5.73 Å². The van der Waals surface area contributed by atoms with Crippen molar-refractivity contribution in [3.05, 3.63) is 0 Å². The molecule has 0 aliphatic heterocycles. The molecule has 0 radical (unpaired) electrons. The number of carbonyl (C=O) groups excluding carboxylic acids is 1. The number of rotatable bonds is 11. The van der Waals surface area contributed by atoms with Crippen molar-refractivity contribution in [2.75, 3.05) is 19.8 Å². The van der Waals surface area contributed by atoms with Crippen LogP contribution < -0.4 is 11.1 Å². The zero-order chi connectivity index (χ0) is 16.5. The summed E-state index contributed by atoms with van der Waals surface area (Å²) in [5.41, 5.74) is 4.90. The van der Waals surface area contributed by atoms with Gasteiger partial charge >= 0.3 is 0 Å². The number of carbonyl (C=O) groups is 1. The molecule has 126 valence electrons. The lowest BCUT2D eigenvalue weighted by Crippen LogP contribution is -2.34. The van der Waals surface area contributed by atoms with E-state index in [4.69, 9.17) is 15.2 Å². The Morgan fingerprint density at radius 3 is 2.10 bits per heavy atom. The smallest absolute Gasteiger partial charge is 0.220 e. The quantitative estimate of drug-likeness (QED) is 0.614. The first kappa shape index (κ1) is 20.3. The van der Waals surface area contributed by atoms with Gasteiger partial charge in [0.2, 0.25) is 5.91 Å². The lowest BCUT2D eigenvalue weighted by molar-refractivity contribution is -0.124. The van der Waals surface area contributed by atoms with Gasteiger partial charge in [-0.1, -0.05) is 0 Å². The van der Waals surface area contributed by atoms with E-state index in [-0.39, 0.29) is 23.2 Å². The molecule has 0 aromatic rings. The number of hydrogen-bond acceptors (Lipinski definition) is 4. The van der Waals surface area contributed by atoms with E-state index < -0.39 is 0 Å². The molecule has 0 unspecified atom stereocenters. The Kier molecular flexibility index (Phi) is 9.09. The largest absolute Gasteiger partial charge is 0.375 e. The lowest BCUT2D eigenvalue weighted by Gasteiger charge is -2.29. The van der Waals surface area contributed by atoms with E-state index in [2.05, 4.69) is 5.32 Å². The third-order valence-electron chi connectivity index (χ3n) is 3.21. The molecule has 0 aliphatic rings. The van der Waals surface area contributed by atoms with Crippen LogP contribution in [-0.2, 0) is 14.3 Å². The molecule has 0 heterocycles. The maximum absolute atomic E-state index is 11.7. The van der Waals surface area contributed by atoms with Gasteiger partial charge in [0.25, 0.3) is 0 Å². The molecule has 0 aromatic heterocycles. The Labute approximate surface area is 129 Å². The zero-order valence-corrected chi connectivity index (χ0v) is 14.6. The third kappa shape index (κ3) is 11.7. The zero-order valence-electron chi connectivity index (χ0n) is 14.6. The fourth-order valence-electron chi connectivity index (χ4n) is 1.86. The minimum atomic E-state index is -0.307. The third-order valence-corrected chi connectivity index (χ3v) is 3.21. The molecule has 5 nitrogen and oxygen atoms in total. The average Bonchev–Trinajstić information content (AvgIpc) is 2.33. The molecule has 5 heteroatoms. The average molecular weight is 302 g/mol. The van der Waals surface area contributed by atoms with Crippen molar-refractivity contribution in [2.45, 2.75) is 78.0 Å². The van der Waals surface area contributed by atoms with E-state index >= 15 is 0 Å². The van der Waals surface area contributed by atoms with Gasteiger partial charge in [-0.05, 0) is 54.4 Å². The molecular weight excluding hydrogens is 268 g/mol. The second-order valence-corrected chi connectivity index (χ2v) is 6.98. The molecule has 0 saturated heterocycles. The van der Waals surface area contributed by atoms with E-state index in [9.17, 15) is 4.79 Å². The summed E-state index contributed by atoms with van der Waals surface area (Å²) in [5, 5.41) is 2.89. The molecular formula is C16H34N2O3. The van der Waals surface area contributed by atoms with Gasteiger partial charge in [0, 0.05) is 19.0 Å². The second-order valence-electron chi connectivity index (χ2n) is 6.98. The highest BCUT2D eigenvalue weighted by Gasteiger charge is 2.23. The maximum Gasteiger partial charge on any atom is 0.220 e. The van der Waals surface area contributed by atoms with Crippen LogP contribution in [-0.4, -0.2) is 42.9 Å². The normalized spacial score (nSPS) is 12.8. The summed E-state index contributed by atoms with van der Waals surface area (Å²) in [4.78, 5) is 11.7. The van der Waals surface area contributed by atoms with Crippen molar-refractivity contribution in [3.63, 3.8) is 0 Å². The van der Waals surface area contributed by atoms with E-state index in [1.54, 1.807) is 0 Å². The van der Waals surface area contributed by atoms with Crippen LogP contribution in [0.25, 0.3) is 0 Å². The SMILES string of the molecule is CC(C)NC(=O)CCC(C)(C)OCCC(C)(C)OCCN. The topological polar surface area (TPSA) is 73.6 Å². The number of hydrogen-bond donors (Lipinski definition) is 2. The molecule has 0 atom stereocenters. The first-order chi connectivity index (χ1) is 9.58. The second kappa shape index (κ2) is 9.38. The highest BCUT2D eigenvalue weighted by atomic mass is 16.5. The molecule has 0 saturated carbocycles. The van der Waals surface area contributed by atoms with Crippen molar-refractivity contribution < 1.29 is 14.3 Å². The van der Waals surface area contributed by atoms with Crippen LogP contribution >= 0.6 is 0 Å². The summed E-state index contributed by atoms with van der Waals surface area (Å²) in [6, 6.07) is 0.182. The Morgan fingerprint density at radius 1 is 1.05 bits per heavy atom. The van der Waals surface area contributed by atoms with Crippen LogP contribution in [0.5, 0.6) is 0 Å². The van der Waals surface area contributed by atoms with Gasteiger partial charge in [0.05, 0.1) is 24.4 Å². The van der Waals surface area contributed by atoms with E-state index in [1.165, 1.54) is 0 Å². The lowest BCUT2D eigenvalue weighted by atomic mass is 10.0. The van der Waals surface area contributed by atoms with Gasteiger partial charge in [0.1, 0.15) is 0 Å². The predicted molar refractivity (Wildman–Crippen MR) is 86.2 cm³/mol. The summed E-state index contributed by atoms with van der Waals surface area (Å²) in [5.74, 6) is 0.0771. The molecule has 0 fully saturated rings. The van der Waals surface area contributed by atoms with Crippen LogP contribution in [0.3, 0.4) is 0 Å². The number of nitrogens with one attached hydrogen (secondary N) is 1. The molecule has 0 aromatic carbocycles. The van der Waals surface area contributed by atoms with Gasteiger partial charge < -0.3 is 20.5 Å². The minimum Gasteiger partial charge on any atom is -0.375 e. The standard InChI is InChI=1S/C16H34N2O3/c1-13(2)18-14(19)7-8-15(3,4)20-11-9-16(5,6)21-12-10-17/h13H,7-12,17H2,1-6H3,(H,18,19). The molecule has 0 bridgehead atoms. The van der Waals surface area contributed by atoms with Crippen LogP contribution in [0.4, 0.5) is 0 Å². The molecule has 3 N–H and O–H groups in total. The van der Waals surface area contributed by atoms with Crippen LogP contribution in [0.2, 0.25) is 0 Å². The van der Waals surface area contributed by atoms with Crippen LogP contribution in [0.1, 0.15) is 60.8 Å². The summed E-state index contributed by atoms with van der Waals surface area (Å²) < 4.78 is 11.6.